The van der Waals surface area contributed by atoms with E-state index in [2.05, 4.69) is 29.2 Å². The molecule has 0 radical (unpaired) electrons. The smallest absolute Gasteiger partial charge is 0.293 e. The summed E-state index contributed by atoms with van der Waals surface area (Å²) < 4.78 is 3.79. The number of hydrogen-bond donors (Lipinski definition) is 1. The summed E-state index contributed by atoms with van der Waals surface area (Å²) in [5.74, 6) is 0.564. The van der Waals surface area contributed by atoms with Crippen LogP contribution >= 0.6 is 0 Å². The third-order valence-corrected chi connectivity index (χ3v) is 6.82. The predicted octanol–water partition coefficient (Wildman–Crippen LogP) is 2.82. The lowest BCUT2D eigenvalue weighted by atomic mass is 9.96. The fourth-order valence-electron chi connectivity index (χ4n) is 4.91. The minimum Gasteiger partial charge on any atom is -0.356 e. The number of para-hydroxylation sites is 2. The maximum Gasteiger partial charge on any atom is 0.293 e. The Morgan fingerprint density at radius 3 is 2.52 bits per heavy atom. The van der Waals surface area contributed by atoms with E-state index in [1.165, 1.54) is 11.3 Å². The van der Waals surface area contributed by atoms with Crippen molar-refractivity contribution in [1.82, 2.24) is 24.6 Å². The van der Waals surface area contributed by atoms with E-state index in [-0.39, 0.29) is 17.4 Å². The molecule has 1 aromatic carbocycles. The van der Waals surface area contributed by atoms with E-state index in [1.54, 1.807) is 4.57 Å². The highest BCUT2D eigenvalue weighted by Gasteiger charge is 2.27. The Hall–Kier alpha value is -3.16. The van der Waals surface area contributed by atoms with Crippen LogP contribution in [0.4, 0.5) is 5.82 Å². The molecule has 1 aliphatic heterocycles. The molecule has 0 bridgehead atoms. The molecular formula is C25H34N6O2. The van der Waals surface area contributed by atoms with E-state index in [0.717, 1.165) is 42.5 Å². The third-order valence-electron chi connectivity index (χ3n) is 6.82. The van der Waals surface area contributed by atoms with Crippen LogP contribution in [0.15, 0.2) is 29.1 Å². The summed E-state index contributed by atoms with van der Waals surface area (Å²) >= 11 is 0. The molecule has 33 heavy (non-hydrogen) atoms. The molecule has 0 aliphatic carbocycles. The number of nitrogens with zero attached hydrogens (tertiary/aromatic N) is 5. The van der Waals surface area contributed by atoms with Gasteiger partial charge in [0.05, 0.1) is 16.7 Å². The molecule has 176 valence electrons. The van der Waals surface area contributed by atoms with E-state index >= 15 is 0 Å². The number of anilines is 1. The Bertz CT molecular complexity index is 1200. The van der Waals surface area contributed by atoms with Crippen LogP contribution in [-0.2, 0) is 24.3 Å². The van der Waals surface area contributed by atoms with Gasteiger partial charge in [0.15, 0.2) is 5.82 Å². The molecule has 0 unspecified atom stereocenters. The zero-order valence-electron chi connectivity index (χ0n) is 20.1. The van der Waals surface area contributed by atoms with E-state index < -0.39 is 0 Å². The van der Waals surface area contributed by atoms with Crippen LogP contribution in [0.3, 0.4) is 0 Å². The summed E-state index contributed by atoms with van der Waals surface area (Å²) in [7, 11) is 0. The normalized spacial score (nSPS) is 14.7. The second-order valence-electron chi connectivity index (χ2n) is 8.74. The number of fused-ring (bicyclic) bond motifs is 1. The number of hydrogen-bond acceptors (Lipinski definition) is 5. The molecular weight excluding hydrogens is 416 g/mol. The summed E-state index contributed by atoms with van der Waals surface area (Å²) in [5.41, 5.74) is 5.07. The maximum atomic E-state index is 13.1. The highest BCUT2D eigenvalue weighted by atomic mass is 16.2. The largest absolute Gasteiger partial charge is 0.356 e. The van der Waals surface area contributed by atoms with Crippen molar-refractivity contribution in [3.8, 4) is 0 Å². The van der Waals surface area contributed by atoms with Crippen molar-refractivity contribution >= 4 is 22.8 Å². The van der Waals surface area contributed by atoms with Crippen molar-refractivity contribution in [3.63, 3.8) is 0 Å². The second kappa shape index (κ2) is 9.77. The predicted molar refractivity (Wildman–Crippen MR) is 131 cm³/mol. The summed E-state index contributed by atoms with van der Waals surface area (Å²) in [6.07, 6.45) is 2.23. The van der Waals surface area contributed by atoms with Gasteiger partial charge < -0.3 is 14.8 Å². The van der Waals surface area contributed by atoms with Crippen molar-refractivity contribution in [2.45, 2.75) is 60.0 Å². The second-order valence-corrected chi connectivity index (χ2v) is 8.74. The number of aromatic nitrogens is 4. The molecule has 0 spiro atoms. The van der Waals surface area contributed by atoms with E-state index in [0.29, 0.717) is 32.0 Å². The van der Waals surface area contributed by atoms with Crippen molar-refractivity contribution in [1.29, 1.82) is 0 Å². The number of benzene rings is 1. The minimum atomic E-state index is -0.0579. The van der Waals surface area contributed by atoms with Gasteiger partial charge in [-0.3, -0.25) is 14.3 Å². The molecule has 1 aliphatic rings. The van der Waals surface area contributed by atoms with Crippen LogP contribution in [0.5, 0.6) is 0 Å². The number of rotatable bonds is 7. The fourth-order valence-corrected chi connectivity index (χ4v) is 4.91. The number of carbonyl (C=O) groups excluding carboxylic acids is 1. The number of piperidine rings is 1. The molecule has 1 amide bonds. The van der Waals surface area contributed by atoms with Gasteiger partial charge in [-0.15, -0.1) is 0 Å². The monoisotopic (exact) mass is 450 g/mol. The van der Waals surface area contributed by atoms with Gasteiger partial charge in [-0.25, -0.2) is 4.98 Å². The summed E-state index contributed by atoms with van der Waals surface area (Å²) in [5, 5.41) is 7.67. The molecule has 4 rings (SSSR count). The molecule has 0 saturated carbocycles. The molecule has 3 aromatic rings. The Labute approximate surface area is 194 Å². The van der Waals surface area contributed by atoms with Gasteiger partial charge >= 0.3 is 0 Å². The standard InChI is InChI=1S/C25H34N6O2/c1-5-30-22-10-8-7-9-21(22)27-23(25(30)33)29-15-12-19(13-16-29)24(32)26-14-11-20-17(3)28-31(6-2)18(20)4/h7-10,19H,5-6,11-16H2,1-4H3,(H,26,32). The van der Waals surface area contributed by atoms with Crippen molar-refractivity contribution in [2.75, 3.05) is 24.5 Å². The van der Waals surface area contributed by atoms with Gasteiger partial charge in [-0.05, 0) is 64.7 Å². The molecule has 8 heteroatoms. The topological polar surface area (TPSA) is 85.1 Å². The summed E-state index contributed by atoms with van der Waals surface area (Å²) in [4.78, 5) is 32.5. The van der Waals surface area contributed by atoms with Crippen LogP contribution in [0, 0.1) is 19.8 Å². The van der Waals surface area contributed by atoms with Crippen molar-refractivity contribution < 1.29 is 4.79 Å². The van der Waals surface area contributed by atoms with Gasteiger partial charge in [0.25, 0.3) is 5.56 Å². The minimum absolute atomic E-state index is 0.0318. The Kier molecular flexibility index (Phi) is 6.81. The highest BCUT2D eigenvalue weighted by Crippen LogP contribution is 2.22. The first-order valence-corrected chi connectivity index (χ1v) is 12.0. The zero-order chi connectivity index (χ0) is 23.5. The Balaban J connectivity index is 1.36. The molecule has 8 nitrogen and oxygen atoms in total. The first kappa shape index (κ1) is 23.0. The van der Waals surface area contributed by atoms with Crippen molar-refractivity contribution in [3.05, 3.63) is 51.6 Å². The van der Waals surface area contributed by atoms with Crippen LogP contribution in [0.1, 0.15) is 43.6 Å². The molecule has 0 atom stereocenters. The first-order chi connectivity index (χ1) is 15.9. The SMILES string of the molecule is CCn1nc(C)c(CCNC(=O)C2CCN(c3nc4ccccc4n(CC)c3=O)CC2)c1C. The van der Waals surface area contributed by atoms with E-state index in [4.69, 9.17) is 0 Å². The average molecular weight is 451 g/mol. The Morgan fingerprint density at radius 1 is 1.12 bits per heavy atom. The number of carbonyl (C=O) groups is 1. The van der Waals surface area contributed by atoms with Gasteiger partial charge in [0.1, 0.15) is 0 Å². The first-order valence-electron chi connectivity index (χ1n) is 12.0. The maximum absolute atomic E-state index is 13.1. The lowest BCUT2D eigenvalue weighted by molar-refractivity contribution is -0.125. The zero-order valence-corrected chi connectivity index (χ0v) is 20.1. The number of amides is 1. The Morgan fingerprint density at radius 2 is 1.85 bits per heavy atom. The van der Waals surface area contributed by atoms with E-state index in [1.807, 2.05) is 47.7 Å². The van der Waals surface area contributed by atoms with Crippen LogP contribution < -0.4 is 15.8 Å². The summed E-state index contributed by atoms with van der Waals surface area (Å²) in [6, 6.07) is 7.75. The van der Waals surface area contributed by atoms with Crippen LogP contribution in [0.25, 0.3) is 11.0 Å². The highest BCUT2D eigenvalue weighted by molar-refractivity contribution is 5.79. The summed E-state index contributed by atoms with van der Waals surface area (Å²) in [6.45, 7) is 11.6. The lowest BCUT2D eigenvalue weighted by Crippen LogP contribution is -2.43. The van der Waals surface area contributed by atoms with E-state index in [9.17, 15) is 9.59 Å². The van der Waals surface area contributed by atoms with Gasteiger partial charge in [-0.1, -0.05) is 12.1 Å². The molecule has 2 aromatic heterocycles. The number of aryl methyl sites for hydroxylation is 3. The van der Waals surface area contributed by atoms with Gasteiger partial charge in [0.2, 0.25) is 5.91 Å². The number of nitrogens with one attached hydrogen (secondary N) is 1. The van der Waals surface area contributed by atoms with Gasteiger partial charge in [-0.2, -0.15) is 5.10 Å². The third kappa shape index (κ3) is 4.51. The average Bonchev–Trinajstić information content (AvgIpc) is 3.11. The van der Waals surface area contributed by atoms with Crippen LogP contribution in [0.2, 0.25) is 0 Å². The van der Waals surface area contributed by atoms with Crippen LogP contribution in [-0.4, -0.2) is 44.9 Å². The lowest BCUT2D eigenvalue weighted by Gasteiger charge is -2.32. The molecule has 1 fully saturated rings. The quantitative estimate of drug-likeness (QED) is 0.598. The fraction of sp³-hybridized carbons (Fsp3) is 0.520. The van der Waals surface area contributed by atoms with Crippen molar-refractivity contribution in [2.24, 2.45) is 5.92 Å². The molecule has 3 heterocycles. The molecule has 1 N–H and O–H groups in total. The van der Waals surface area contributed by atoms with Gasteiger partial charge in [0, 0.05) is 44.3 Å². The molecule has 1 saturated heterocycles.